The lowest BCUT2D eigenvalue weighted by atomic mass is 10.2. The van der Waals surface area contributed by atoms with Gasteiger partial charge in [0.25, 0.3) is 0 Å². The Morgan fingerprint density at radius 1 is 0.957 bits per heavy atom. The maximum absolute atomic E-state index is 12.9. The predicted octanol–water partition coefficient (Wildman–Crippen LogP) is 5.84. The molecule has 3 heterocycles. The molecule has 3 aromatic heterocycles. The number of aromatic amines is 1. The molecular formula is C28H22F6N6O6. The Hall–Kier alpha value is -5.65. The van der Waals surface area contributed by atoms with Gasteiger partial charge in [-0.05, 0) is 42.5 Å². The van der Waals surface area contributed by atoms with Crippen molar-refractivity contribution in [1.82, 2.24) is 24.5 Å². The fourth-order valence-electron chi connectivity index (χ4n) is 3.81. The van der Waals surface area contributed by atoms with Gasteiger partial charge >= 0.3 is 24.3 Å². The van der Waals surface area contributed by atoms with Crippen LogP contribution >= 0.6 is 0 Å². The molecule has 1 atom stereocenters. The van der Waals surface area contributed by atoms with Crippen LogP contribution in [0.3, 0.4) is 0 Å². The van der Waals surface area contributed by atoms with Crippen molar-refractivity contribution in [3.63, 3.8) is 0 Å². The van der Waals surface area contributed by atoms with Gasteiger partial charge in [-0.15, -0.1) is 0 Å². The van der Waals surface area contributed by atoms with Gasteiger partial charge < -0.3 is 34.9 Å². The molecule has 0 radical (unpaired) electrons. The summed E-state index contributed by atoms with van der Waals surface area (Å²) in [6.07, 6.45) is -9.45. The average molecular weight is 653 g/mol. The maximum atomic E-state index is 12.9. The van der Waals surface area contributed by atoms with E-state index in [0.29, 0.717) is 34.8 Å². The van der Waals surface area contributed by atoms with Gasteiger partial charge in [0.2, 0.25) is 5.95 Å². The average Bonchev–Trinajstić information content (AvgIpc) is 3.59. The highest BCUT2D eigenvalue weighted by Crippen LogP contribution is 2.33. The van der Waals surface area contributed by atoms with E-state index in [1.54, 1.807) is 29.8 Å². The van der Waals surface area contributed by atoms with Gasteiger partial charge in [0, 0.05) is 31.1 Å². The van der Waals surface area contributed by atoms with Crippen LogP contribution in [0.4, 0.5) is 38.0 Å². The second kappa shape index (κ2) is 13.1. The summed E-state index contributed by atoms with van der Waals surface area (Å²) < 4.78 is 84.5. The number of rotatable bonds is 8. The highest BCUT2D eigenvalue weighted by Gasteiger charge is 2.33. The van der Waals surface area contributed by atoms with Crippen molar-refractivity contribution in [2.75, 3.05) is 5.32 Å². The smallest absolute Gasteiger partial charge is 0.432 e. The normalized spacial score (nSPS) is 12.3. The Kier molecular flexibility index (Phi) is 9.50. The van der Waals surface area contributed by atoms with Crippen LogP contribution in [0.1, 0.15) is 17.7 Å². The summed E-state index contributed by atoms with van der Waals surface area (Å²) in [6, 6.07) is 12.7. The Labute approximate surface area is 253 Å². The Bertz CT molecular complexity index is 1850. The number of hydrogen-bond acceptors (Lipinski definition) is 8. The molecule has 0 saturated heterocycles. The lowest BCUT2D eigenvalue weighted by Gasteiger charge is -2.09. The molecule has 1 unspecified atom stereocenters. The molecule has 0 saturated carbocycles. The second-order valence-electron chi connectivity index (χ2n) is 9.42. The van der Waals surface area contributed by atoms with Gasteiger partial charge in [-0.25, -0.2) is 14.8 Å². The molecule has 12 nitrogen and oxygen atoms in total. The summed E-state index contributed by atoms with van der Waals surface area (Å²) in [5.41, 5.74) is 0.125. The molecule has 242 valence electrons. The molecule has 0 bridgehead atoms. The zero-order valence-electron chi connectivity index (χ0n) is 23.3. The lowest BCUT2D eigenvalue weighted by molar-refractivity contribution is -0.152. The number of alkyl halides is 6. The van der Waals surface area contributed by atoms with Gasteiger partial charge in [-0.1, -0.05) is 0 Å². The third kappa shape index (κ3) is 8.29. The number of benzene rings is 2. The molecule has 5 aromatic rings. The number of carbonyl (C=O) groups is 2. The highest BCUT2D eigenvalue weighted by molar-refractivity contribution is 5.81. The minimum atomic E-state index is -4.56. The van der Waals surface area contributed by atoms with Crippen LogP contribution in [0.25, 0.3) is 22.6 Å². The van der Waals surface area contributed by atoms with Crippen LogP contribution in [-0.4, -0.2) is 57.9 Å². The van der Waals surface area contributed by atoms with Crippen LogP contribution in [-0.2, 0) is 29.0 Å². The van der Waals surface area contributed by atoms with Crippen molar-refractivity contribution in [2.24, 2.45) is 7.05 Å². The lowest BCUT2D eigenvalue weighted by Crippen LogP contribution is -2.22. The highest BCUT2D eigenvalue weighted by atomic mass is 19.4. The molecule has 46 heavy (non-hydrogen) atoms. The maximum Gasteiger partial charge on any atom is 0.432 e. The Morgan fingerprint density at radius 2 is 1.63 bits per heavy atom. The minimum absolute atomic E-state index is 0.0584. The van der Waals surface area contributed by atoms with E-state index >= 15 is 0 Å². The van der Waals surface area contributed by atoms with E-state index in [-0.39, 0.29) is 11.5 Å². The molecule has 0 aliphatic heterocycles. The third-order valence-corrected chi connectivity index (χ3v) is 6.06. The van der Waals surface area contributed by atoms with Crippen molar-refractivity contribution in [3.05, 3.63) is 78.2 Å². The summed E-state index contributed by atoms with van der Waals surface area (Å²) in [4.78, 5) is 33.9. The monoisotopic (exact) mass is 652 g/mol. The molecular weight excluding hydrogens is 630 g/mol. The fourth-order valence-corrected chi connectivity index (χ4v) is 3.81. The SMILES string of the molecule is Cn1c(Nc2ccc(C(F)(F)F)cc2)nc2cc(Oc3ccnc(-c4ncc(C(F)(F)F)[nH]4)c3)ccc21.O=C(O)CC(O)C(=O)O. The van der Waals surface area contributed by atoms with E-state index in [0.717, 1.165) is 17.6 Å². The summed E-state index contributed by atoms with van der Waals surface area (Å²) in [7, 11) is 1.75. The van der Waals surface area contributed by atoms with Gasteiger partial charge in [-0.2, -0.15) is 26.3 Å². The molecule has 0 spiro atoms. The number of nitrogens with zero attached hydrogens (tertiary/aromatic N) is 4. The summed E-state index contributed by atoms with van der Waals surface area (Å²) >= 11 is 0. The number of halogens is 6. The van der Waals surface area contributed by atoms with Crippen molar-refractivity contribution in [3.8, 4) is 23.0 Å². The van der Waals surface area contributed by atoms with Crippen LogP contribution in [0.2, 0.25) is 0 Å². The first-order valence-corrected chi connectivity index (χ1v) is 12.8. The van der Waals surface area contributed by atoms with Crippen LogP contribution in [0, 0.1) is 0 Å². The zero-order valence-corrected chi connectivity index (χ0v) is 23.3. The molecule has 18 heteroatoms. The van der Waals surface area contributed by atoms with E-state index in [2.05, 4.69) is 25.3 Å². The number of nitrogens with one attached hydrogen (secondary N) is 2. The van der Waals surface area contributed by atoms with E-state index in [1.165, 1.54) is 30.5 Å². The second-order valence-corrected chi connectivity index (χ2v) is 9.42. The van der Waals surface area contributed by atoms with Crippen molar-refractivity contribution >= 4 is 34.6 Å². The largest absolute Gasteiger partial charge is 0.481 e. The molecule has 5 rings (SSSR count). The number of carboxylic acids is 2. The standard InChI is InChI=1S/C24H16F6N6O.C4H6O5/c1-36-19-7-6-15(10-17(19)34-22(36)33-14-4-2-13(3-5-14)23(25,26)27)37-16-8-9-31-18(11-16)21-32-12-20(35-21)24(28,29)30;5-2(4(8)9)1-3(6)7/h2-12H,1H3,(H,32,35)(H,33,34);2,5H,1H2,(H,6,7)(H,8,9). The van der Waals surface area contributed by atoms with Crippen LogP contribution < -0.4 is 10.1 Å². The molecule has 0 aliphatic carbocycles. The number of aliphatic carboxylic acids is 2. The number of imidazole rings is 2. The van der Waals surface area contributed by atoms with Crippen molar-refractivity contribution in [2.45, 2.75) is 24.9 Å². The summed E-state index contributed by atoms with van der Waals surface area (Å²) in [5.74, 6) is -1.79. The van der Waals surface area contributed by atoms with Crippen LogP contribution in [0.15, 0.2) is 67.0 Å². The van der Waals surface area contributed by atoms with E-state index in [1.807, 2.05) is 0 Å². The number of aryl methyl sites for hydroxylation is 1. The number of H-pyrrole nitrogens is 1. The topological polar surface area (TPSA) is 175 Å². The quantitative estimate of drug-likeness (QED) is 0.128. The minimum Gasteiger partial charge on any atom is -0.481 e. The Balaban J connectivity index is 0.000000468. The number of hydrogen-bond donors (Lipinski definition) is 5. The summed E-state index contributed by atoms with van der Waals surface area (Å²) in [5, 5.41) is 27.1. The fraction of sp³-hybridized carbons (Fsp3) is 0.179. The van der Waals surface area contributed by atoms with E-state index < -0.39 is 48.1 Å². The molecule has 0 amide bonds. The zero-order chi connectivity index (χ0) is 33.8. The van der Waals surface area contributed by atoms with Crippen LogP contribution in [0.5, 0.6) is 11.5 Å². The van der Waals surface area contributed by atoms with Gasteiger partial charge in [0.15, 0.2) is 11.9 Å². The summed E-state index contributed by atoms with van der Waals surface area (Å²) in [6.45, 7) is 0. The number of pyridine rings is 1. The van der Waals surface area contributed by atoms with Gasteiger partial charge in [0.1, 0.15) is 22.9 Å². The Morgan fingerprint density at radius 3 is 2.20 bits per heavy atom. The van der Waals surface area contributed by atoms with E-state index in [9.17, 15) is 35.9 Å². The van der Waals surface area contributed by atoms with Crippen molar-refractivity contribution in [1.29, 1.82) is 0 Å². The predicted molar refractivity (Wildman–Crippen MR) is 148 cm³/mol. The van der Waals surface area contributed by atoms with Gasteiger partial charge in [0.05, 0.1) is 29.2 Å². The molecule has 2 aromatic carbocycles. The first kappa shape index (κ1) is 33.2. The first-order chi connectivity index (χ1) is 21.5. The molecule has 5 N–H and O–H groups in total. The molecule has 0 fully saturated rings. The van der Waals surface area contributed by atoms with Crippen molar-refractivity contribution < 1.29 is 56.0 Å². The number of carboxylic acid groups (broad SMARTS) is 2. The number of aromatic nitrogens is 5. The number of aliphatic hydroxyl groups is 1. The number of ether oxygens (including phenoxy) is 1. The first-order valence-electron chi connectivity index (χ1n) is 12.8. The third-order valence-electron chi connectivity index (χ3n) is 6.06. The van der Waals surface area contributed by atoms with Gasteiger partial charge in [-0.3, -0.25) is 9.78 Å². The number of aliphatic hydroxyl groups excluding tert-OH is 1. The van der Waals surface area contributed by atoms with E-state index in [4.69, 9.17) is 20.1 Å². The number of fused-ring (bicyclic) bond motifs is 1. The molecule has 0 aliphatic rings. The number of anilines is 2.